The van der Waals surface area contributed by atoms with Crippen molar-refractivity contribution < 1.29 is 9.84 Å². The van der Waals surface area contributed by atoms with Gasteiger partial charge in [-0.15, -0.1) is 0 Å². The molecule has 1 saturated carbocycles. The van der Waals surface area contributed by atoms with E-state index in [1.807, 2.05) is 0 Å². The maximum Gasteiger partial charge on any atom is 0.123 e. The molecule has 0 saturated heterocycles. The highest BCUT2D eigenvalue weighted by atomic mass is 16.5. The van der Waals surface area contributed by atoms with E-state index >= 15 is 0 Å². The quantitative estimate of drug-likeness (QED) is 0.371. The Morgan fingerprint density at radius 2 is 1.81 bits per heavy atom. The number of β-amino-alcohol motifs (C(OH)–C–C–N with tert-alkyl or cyclic N) is 1. The lowest BCUT2D eigenvalue weighted by Gasteiger charge is -2.40. The summed E-state index contributed by atoms with van der Waals surface area (Å²) in [6.07, 6.45) is 9.98. The third-order valence-electron chi connectivity index (χ3n) is 9.25. The molecule has 198 valence electrons. The van der Waals surface area contributed by atoms with Crippen LogP contribution in [0.25, 0.3) is 10.9 Å². The van der Waals surface area contributed by atoms with Gasteiger partial charge in [0, 0.05) is 36.2 Å². The van der Waals surface area contributed by atoms with Gasteiger partial charge in [0.05, 0.1) is 6.04 Å². The zero-order valence-corrected chi connectivity index (χ0v) is 23.0. The van der Waals surface area contributed by atoms with Gasteiger partial charge >= 0.3 is 0 Å². The summed E-state index contributed by atoms with van der Waals surface area (Å²) in [5, 5.41) is 12.6. The van der Waals surface area contributed by atoms with E-state index < -0.39 is 6.10 Å². The minimum Gasteiger partial charge on any atom is -0.491 e. The summed E-state index contributed by atoms with van der Waals surface area (Å²) in [6.45, 7) is 9.49. The van der Waals surface area contributed by atoms with Gasteiger partial charge in [0.25, 0.3) is 0 Å². The molecule has 37 heavy (non-hydrogen) atoms. The summed E-state index contributed by atoms with van der Waals surface area (Å²) in [4.78, 5) is 2.53. The molecule has 1 fully saturated rings. The number of aromatic nitrogens is 1. The van der Waals surface area contributed by atoms with Gasteiger partial charge in [0.2, 0.25) is 0 Å². The molecule has 1 aromatic heterocycles. The van der Waals surface area contributed by atoms with E-state index in [2.05, 4.69) is 66.6 Å². The van der Waals surface area contributed by atoms with Crippen molar-refractivity contribution in [1.82, 2.24) is 9.47 Å². The maximum atomic E-state index is 11.1. The number of nitrogens with zero attached hydrogens (tertiary/aromatic N) is 2. The van der Waals surface area contributed by atoms with Crippen LogP contribution in [-0.4, -0.2) is 40.4 Å². The first-order chi connectivity index (χ1) is 18.0. The van der Waals surface area contributed by atoms with Crippen molar-refractivity contribution in [2.24, 2.45) is 0 Å². The number of aryl methyl sites for hydroxylation is 2. The fourth-order valence-corrected chi connectivity index (χ4v) is 7.36. The Morgan fingerprint density at radius 1 is 0.973 bits per heavy atom. The molecular formula is C33H44N2O2. The highest BCUT2D eigenvalue weighted by Crippen LogP contribution is 2.44. The molecule has 1 N–H and O–H groups in total. The second kappa shape index (κ2) is 10.5. The number of aliphatic hydroxyl groups is 1. The molecule has 2 heterocycles. The monoisotopic (exact) mass is 500 g/mol. The van der Waals surface area contributed by atoms with Crippen LogP contribution in [0.3, 0.4) is 0 Å². The van der Waals surface area contributed by atoms with Crippen molar-refractivity contribution in [1.29, 1.82) is 0 Å². The summed E-state index contributed by atoms with van der Waals surface area (Å²) < 4.78 is 8.81. The summed E-state index contributed by atoms with van der Waals surface area (Å²) in [6, 6.07) is 14.2. The van der Waals surface area contributed by atoms with E-state index in [9.17, 15) is 5.11 Å². The smallest absolute Gasteiger partial charge is 0.123 e. The van der Waals surface area contributed by atoms with Crippen molar-refractivity contribution in [3.8, 4) is 5.75 Å². The van der Waals surface area contributed by atoms with Gasteiger partial charge in [-0.25, -0.2) is 0 Å². The largest absolute Gasteiger partial charge is 0.491 e. The first kappa shape index (κ1) is 25.0. The maximum absolute atomic E-state index is 11.1. The van der Waals surface area contributed by atoms with Crippen molar-refractivity contribution >= 4 is 10.9 Å². The van der Waals surface area contributed by atoms with Crippen LogP contribution in [-0.2, 0) is 13.0 Å². The number of aliphatic hydroxyl groups excluding tert-OH is 1. The van der Waals surface area contributed by atoms with E-state index in [4.69, 9.17) is 4.74 Å². The summed E-state index contributed by atoms with van der Waals surface area (Å²) in [7, 11) is 0. The average molecular weight is 501 g/mol. The van der Waals surface area contributed by atoms with E-state index in [1.54, 1.807) is 11.1 Å². The standard InChI is InChI=1S/C33H44N2O2/c1-22(2)27-14-12-23(3)18-32(27)37-21-26(36)20-34-16-17-35-30-15-13-25(24-8-5-4-6-9-24)19-29(30)28-10-7-11-31(34)33(28)35/h12-15,18-19,22,24,26,31,36H,4-11,16-17,20-21H2,1-3H3. The normalized spacial score (nSPS) is 21.4. The molecule has 6 rings (SSSR count). The van der Waals surface area contributed by atoms with Gasteiger partial charge in [-0.1, -0.05) is 51.3 Å². The molecule has 2 aromatic carbocycles. The van der Waals surface area contributed by atoms with Crippen LogP contribution in [0, 0.1) is 6.92 Å². The van der Waals surface area contributed by atoms with Crippen molar-refractivity contribution in [3.63, 3.8) is 0 Å². The zero-order valence-electron chi connectivity index (χ0n) is 23.0. The molecule has 0 bridgehead atoms. The number of ether oxygens (including phenoxy) is 1. The molecule has 0 radical (unpaired) electrons. The van der Waals surface area contributed by atoms with Crippen LogP contribution in [0.15, 0.2) is 36.4 Å². The Kier molecular flexibility index (Phi) is 7.07. The number of fused-ring (bicyclic) bond motifs is 3. The lowest BCUT2D eigenvalue weighted by Crippen LogP contribution is -2.44. The molecule has 4 nitrogen and oxygen atoms in total. The number of rotatable bonds is 7. The second-order valence-electron chi connectivity index (χ2n) is 12.2. The van der Waals surface area contributed by atoms with Gasteiger partial charge in [-0.2, -0.15) is 0 Å². The highest BCUT2D eigenvalue weighted by Gasteiger charge is 2.35. The summed E-state index contributed by atoms with van der Waals surface area (Å²) in [5.41, 5.74) is 8.52. The van der Waals surface area contributed by atoms with Crippen LogP contribution in [0.2, 0.25) is 0 Å². The lowest BCUT2D eigenvalue weighted by atomic mass is 9.83. The predicted molar refractivity (Wildman–Crippen MR) is 152 cm³/mol. The molecule has 1 aliphatic heterocycles. The Labute approximate surface area is 222 Å². The van der Waals surface area contributed by atoms with E-state index in [-0.39, 0.29) is 0 Å². The van der Waals surface area contributed by atoms with E-state index in [0.29, 0.717) is 25.1 Å². The minimum absolute atomic E-state index is 0.340. The molecule has 3 aliphatic rings. The molecule has 2 atom stereocenters. The van der Waals surface area contributed by atoms with Gasteiger partial charge in [0.15, 0.2) is 0 Å². The molecule has 3 aromatic rings. The minimum atomic E-state index is -0.500. The molecule has 2 unspecified atom stereocenters. The van der Waals surface area contributed by atoms with Crippen LogP contribution >= 0.6 is 0 Å². The fourth-order valence-electron chi connectivity index (χ4n) is 7.36. The second-order valence-corrected chi connectivity index (χ2v) is 12.2. The van der Waals surface area contributed by atoms with Gasteiger partial charge in [-0.05, 0) is 91.3 Å². The Morgan fingerprint density at radius 3 is 2.62 bits per heavy atom. The number of hydrogen-bond acceptors (Lipinski definition) is 3. The summed E-state index contributed by atoms with van der Waals surface area (Å²) in [5.74, 6) is 2.07. The van der Waals surface area contributed by atoms with Gasteiger partial charge in [-0.3, -0.25) is 4.90 Å². The third kappa shape index (κ3) is 4.83. The van der Waals surface area contributed by atoms with Crippen LogP contribution in [0.5, 0.6) is 5.75 Å². The Balaban J connectivity index is 1.20. The fraction of sp³-hybridized carbons (Fsp3) is 0.576. The predicted octanol–water partition coefficient (Wildman–Crippen LogP) is 7.25. The van der Waals surface area contributed by atoms with Crippen LogP contribution in [0.4, 0.5) is 0 Å². The summed E-state index contributed by atoms with van der Waals surface area (Å²) >= 11 is 0. The number of hydrogen-bond donors (Lipinski definition) is 1. The average Bonchev–Trinajstić information content (AvgIpc) is 3.23. The first-order valence-electron chi connectivity index (χ1n) is 14.8. The Bertz CT molecular complexity index is 1250. The van der Waals surface area contributed by atoms with Gasteiger partial charge < -0.3 is 14.4 Å². The van der Waals surface area contributed by atoms with Crippen LogP contribution in [0.1, 0.15) is 105 Å². The van der Waals surface area contributed by atoms with E-state index in [1.165, 1.54) is 79.1 Å². The molecule has 2 aliphatic carbocycles. The van der Waals surface area contributed by atoms with Crippen molar-refractivity contribution in [3.05, 3.63) is 64.3 Å². The van der Waals surface area contributed by atoms with Crippen molar-refractivity contribution in [2.75, 3.05) is 19.7 Å². The SMILES string of the molecule is Cc1ccc(C(C)C)c(OCC(O)CN2CCn3c4c(c5cc(C6CCCCC6)ccc53)CCCC42)c1. The Hall–Kier alpha value is -2.30. The van der Waals surface area contributed by atoms with Gasteiger partial charge in [0.1, 0.15) is 18.5 Å². The lowest BCUT2D eigenvalue weighted by molar-refractivity contribution is 0.0372. The van der Waals surface area contributed by atoms with E-state index in [0.717, 1.165) is 24.8 Å². The zero-order chi connectivity index (χ0) is 25.5. The highest BCUT2D eigenvalue weighted by molar-refractivity contribution is 5.87. The molecular weight excluding hydrogens is 456 g/mol. The topological polar surface area (TPSA) is 37.6 Å². The molecule has 0 amide bonds. The number of benzene rings is 2. The molecule has 0 spiro atoms. The van der Waals surface area contributed by atoms with Crippen LogP contribution < -0.4 is 4.74 Å². The first-order valence-corrected chi connectivity index (χ1v) is 14.8. The molecule has 4 heteroatoms. The third-order valence-corrected chi connectivity index (χ3v) is 9.25. The van der Waals surface area contributed by atoms with Crippen molar-refractivity contribution in [2.45, 2.75) is 103 Å².